The third-order valence-electron chi connectivity index (χ3n) is 11.7. The molecule has 15 heteroatoms. The molecule has 2 aliphatic heterocycles. The molecule has 15 nitrogen and oxygen atoms in total. The highest BCUT2D eigenvalue weighted by Crippen LogP contribution is 2.26. The van der Waals surface area contributed by atoms with Gasteiger partial charge in [0.2, 0.25) is 0 Å². The first-order chi connectivity index (χ1) is 33.0. The van der Waals surface area contributed by atoms with E-state index < -0.39 is 99.3 Å². The van der Waals surface area contributed by atoms with Gasteiger partial charge in [-0.1, -0.05) is 138 Å². The molecular weight excluding hydrogens is 877 g/mol. The number of aliphatic hydroxyl groups is 7. The van der Waals surface area contributed by atoms with Crippen molar-refractivity contribution in [1.82, 2.24) is 0 Å². The molecule has 2 aliphatic rings. The van der Waals surface area contributed by atoms with Crippen LogP contribution in [-0.4, -0.2) is 142 Å². The van der Waals surface area contributed by atoms with Crippen LogP contribution in [0.2, 0.25) is 0 Å². The number of hydrogen-bond donors (Lipinski definition) is 7. The summed E-state index contributed by atoms with van der Waals surface area (Å²) >= 11 is 0. The van der Waals surface area contributed by atoms with E-state index >= 15 is 0 Å². The molecule has 390 valence electrons. The van der Waals surface area contributed by atoms with E-state index in [0.29, 0.717) is 19.3 Å². The van der Waals surface area contributed by atoms with Gasteiger partial charge in [0.1, 0.15) is 55.4 Å². The van der Waals surface area contributed by atoms with Gasteiger partial charge in [-0.15, -0.1) is 0 Å². The molecular formula is C53H88O15. The second-order valence-electron chi connectivity index (χ2n) is 17.6. The molecule has 0 aromatic heterocycles. The molecule has 7 N–H and O–H groups in total. The number of hydrogen-bond acceptors (Lipinski definition) is 15. The Morgan fingerprint density at radius 3 is 1.50 bits per heavy atom. The van der Waals surface area contributed by atoms with Crippen LogP contribution in [-0.2, 0) is 38.0 Å². The van der Waals surface area contributed by atoms with E-state index in [1.165, 1.54) is 38.5 Å². The van der Waals surface area contributed by atoms with E-state index in [2.05, 4.69) is 74.6 Å². The molecule has 2 heterocycles. The van der Waals surface area contributed by atoms with Gasteiger partial charge in [-0.05, 0) is 77.0 Å². The summed E-state index contributed by atoms with van der Waals surface area (Å²) in [5.74, 6) is -1.01. The van der Waals surface area contributed by atoms with Crippen LogP contribution in [0, 0.1) is 0 Å². The maximum atomic E-state index is 13.0. The second-order valence-corrected chi connectivity index (χ2v) is 17.6. The minimum Gasteiger partial charge on any atom is -0.462 e. The first-order valence-electron chi connectivity index (χ1n) is 25.5. The fraction of sp³-hybridized carbons (Fsp3) is 0.736. The molecule has 0 radical (unpaired) electrons. The number of rotatable bonds is 38. The Hall–Kier alpha value is -3.06. The summed E-state index contributed by atoms with van der Waals surface area (Å²) in [6.07, 6.45) is 29.4. The van der Waals surface area contributed by atoms with Crippen molar-refractivity contribution in [3.8, 4) is 0 Å². The summed E-state index contributed by atoms with van der Waals surface area (Å²) in [5.41, 5.74) is 0. The molecule has 2 fully saturated rings. The summed E-state index contributed by atoms with van der Waals surface area (Å²) in [7, 11) is 0. The average molecular weight is 965 g/mol. The predicted molar refractivity (Wildman–Crippen MR) is 261 cm³/mol. The third kappa shape index (κ3) is 27.4. The van der Waals surface area contributed by atoms with Crippen LogP contribution in [0.4, 0.5) is 0 Å². The zero-order valence-corrected chi connectivity index (χ0v) is 41.1. The van der Waals surface area contributed by atoms with E-state index in [9.17, 15) is 45.3 Å². The van der Waals surface area contributed by atoms with E-state index in [1.807, 2.05) is 12.2 Å². The number of esters is 2. The Bertz CT molecular complexity index is 1460. The molecule has 0 aliphatic carbocycles. The lowest BCUT2D eigenvalue weighted by Gasteiger charge is -2.42. The van der Waals surface area contributed by atoms with Gasteiger partial charge in [-0.3, -0.25) is 9.59 Å². The van der Waals surface area contributed by atoms with E-state index in [1.54, 1.807) is 0 Å². The maximum Gasteiger partial charge on any atom is 0.306 e. The molecule has 0 spiro atoms. The van der Waals surface area contributed by atoms with E-state index in [0.717, 1.165) is 70.6 Å². The first kappa shape index (κ1) is 61.1. The molecule has 0 aromatic rings. The lowest BCUT2D eigenvalue weighted by Crippen LogP contribution is -2.61. The van der Waals surface area contributed by atoms with Crippen molar-refractivity contribution in [2.45, 2.75) is 223 Å². The minimum absolute atomic E-state index is 0.0859. The van der Waals surface area contributed by atoms with Gasteiger partial charge in [0.25, 0.3) is 0 Å². The summed E-state index contributed by atoms with van der Waals surface area (Å²) in [5, 5.41) is 72.1. The van der Waals surface area contributed by atoms with Crippen molar-refractivity contribution in [3.05, 3.63) is 72.9 Å². The van der Waals surface area contributed by atoms with Crippen molar-refractivity contribution < 1.29 is 73.8 Å². The Morgan fingerprint density at radius 2 is 0.941 bits per heavy atom. The van der Waals surface area contributed by atoms with E-state index in [4.69, 9.17) is 28.4 Å². The highest BCUT2D eigenvalue weighted by Gasteiger charge is 2.47. The smallest absolute Gasteiger partial charge is 0.306 e. The molecule has 2 rings (SSSR count). The van der Waals surface area contributed by atoms with Gasteiger partial charge < -0.3 is 64.2 Å². The summed E-state index contributed by atoms with van der Waals surface area (Å²) in [6.45, 7) is 2.38. The Labute approximate surface area is 406 Å². The monoisotopic (exact) mass is 965 g/mol. The minimum atomic E-state index is -1.78. The Morgan fingerprint density at radius 1 is 0.485 bits per heavy atom. The number of ether oxygens (including phenoxy) is 6. The fourth-order valence-electron chi connectivity index (χ4n) is 7.48. The summed E-state index contributed by atoms with van der Waals surface area (Å²) in [4.78, 5) is 25.7. The number of carbonyl (C=O) groups excluding carboxylic acids is 2. The second kappa shape index (κ2) is 39.6. The van der Waals surface area contributed by atoms with Gasteiger partial charge >= 0.3 is 11.9 Å². The maximum absolute atomic E-state index is 13.0. The summed E-state index contributed by atoms with van der Waals surface area (Å²) < 4.78 is 33.5. The van der Waals surface area contributed by atoms with Crippen LogP contribution in [0.3, 0.4) is 0 Å². The molecule has 11 atom stereocenters. The lowest BCUT2D eigenvalue weighted by molar-refractivity contribution is -0.332. The molecule has 4 unspecified atom stereocenters. The van der Waals surface area contributed by atoms with Gasteiger partial charge in [0, 0.05) is 12.8 Å². The Balaban J connectivity index is 1.85. The number of carbonyl (C=O) groups is 2. The van der Waals surface area contributed by atoms with Crippen LogP contribution in [0.15, 0.2) is 72.9 Å². The number of unbranched alkanes of at least 4 members (excludes halogenated alkanes) is 12. The molecule has 0 aromatic carbocycles. The zero-order chi connectivity index (χ0) is 49.6. The van der Waals surface area contributed by atoms with Crippen LogP contribution < -0.4 is 0 Å². The highest BCUT2D eigenvalue weighted by molar-refractivity contribution is 5.70. The van der Waals surface area contributed by atoms with Crippen molar-refractivity contribution >= 4 is 11.9 Å². The predicted octanol–water partition coefficient (Wildman–Crippen LogP) is 7.04. The quantitative estimate of drug-likeness (QED) is 0.0187. The van der Waals surface area contributed by atoms with Crippen LogP contribution >= 0.6 is 0 Å². The number of allylic oxidation sites excluding steroid dienone is 12. The van der Waals surface area contributed by atoms with Gasteiger partial charge in [0.05, 0.1) is 19.8 Å². The standard InChI is InChI=1S/C53H88O15/c1-3-5-7-9-11-13-15-17-19-20-22-24-26-28-30-32-34-36-45(56)66-41(38-63-44(55)35-33-31-29-27-25-23-21-18-16-14-12-10-8-6-4-2)39-64-52-51(62)49(60)47(58)43(68-52)40-65-53-50(61)48(59)46(57)42(37-54)67-53/h6,8,12,14,17-19,21-22,24,28,30,41-43,46-54,57-62H,3-5,7,9-11,13,15-16,20,23,25-27,29,31-40H2,1-2H3/b8-6+,14-12+,19-17+,21-18+,24-22+,30-28+/t41-,42+,43+,46-,47-,48?,49?,50?,51?,52+,53+/m1/s1. The lowest BCUT2D eigenvalue weighted by atomic mass is 9.98. The van der Waals surface area contributed by atoms with Crippen molar-refractivity contribution in [2.24, 2.45) is 0 Å². The molecule has 0 saturated carbocycles. The largest absolute Gasteiger partial charge is 0.462 e. The van der Waals surface area contributed by atoms with Crippen LogP contribution in [0.1, 0.15) is 155 Å². The van der Waals surface area contributed by atoms with Gasteiger partial charge in [0.15, 0.2) is 18.7 Å². The topological polar surface area (TPSA) is 231 Å². The first-order valence-corrected chi connectivity index (χ1v) is 25.5. The molecule has 0 amide bonds. The third-order valence-corrected chi connectivity index (χ3v) is 11.7. The van der Waals surface area contributed by atoms with Crippen molar-refractivity contribution in [3.63, 3.8) is 0 Å². The van der Waals surface area contributed by atoms with Crippen molar-refractivity contribution in [1.29, 1.82) is 0 Å². The SMILES string of the molecule is CC/C=C/C/C=C/C/C=C/CCCCCCCC(=O)OC[C@H](CO[C@H]1O[C@@H](CO[C@H]2O[C@@H](CO)[C@@H](O)C(O)C2O)[C@@H](O)C(O)C1O)OC(=O)CCC/C=C/C/C=C/C/C=C/CCCCCCCC. The van der Waals surface area contributed by atoms with E-state index in [-0.39, 0.29) is 19.4 Å². The van der Waals surface area contributed by atoms with Crippen molar-refractivity contribution in [2.75, 3.05) is 26.4 Å². The molecule has 68 heavy (non-hydrogen) atoms. The Kier molecular flexibility index (Phi) is 35.6. The molecule has 0 bridgehead atoms. The van der Waals surface area contributed by atoms with Gasteiger partial charge in [-0.25, -0.2) is 0 Å². The van der Waals surface area contributed by atoms with Crippen LogP contribution in [0.25, 0.3) is 0 Å². The number of aliphatic hydroxyl groups excluding tert-OH is 7. The normalized spacial score (nSPS) is 26.4. The average Bonchev–Trinajstić information content (AvgIpc) is 3.33. The van der Waals surface area contributed by atoms with Gasteiger partial charge in [-0.2, -0.15) is 0 Å². The summed E-state index contributed by atoms with van der Waals surface area (Å²) in [6, 6.07) is 0. The highest BCUT2D eigenvalue weighted by atomic mass is 16.7. The fourth-order valence-corrected chi connectivity index (χ4v) is 7.48. The zero-order valence-electron chi connectivity index (χ0n) is 41.1. The van der Waals surface area contributed by atoms with Crippen LogP contribution in [0.5, 0.6) is 0 Å². The molecule has 2 saturated heterocycles.